The van der Waals surface area contributed by atoms with Crippen LogP contribution in [0, 0.1) is 5.82 Å². The zero-order chi connectivity index (χ0) is 23.5. The Balaban J connectivity index is 1.59. The van der Waals surface area contributed by atoms with Gasteiger partial charge in [0.15, 0.2) is 0 Å². The lowest BCUT2D eigenvalue weighted by atomic mass is 9.81. The summed E-state index contributed by atoms with van der Waals surface area (Å²) in [6.45, 7) is 0.400. The number of nitrogens with zero attached hydrogens (tertiary/aromatic N) is 3. The molecule has 3 aromatic rings. The van der Waals surface area contributed by atoms with E-state index in [0.717, 1.165) is 11.6 Å². The molecule has 0 atom stereocenters. The molecule has 33 heavy (non-hydrogen) atoms. The van der Waals surface area contributed by atoms with Gasteiger partial charge in [0.05, 0.1) is 16.0 Å². The highest BCUT2D eigenvalue weighted by Crippen LogP contribution is 2.37. The molecule has 3 N–H and O–H groups in total. The summed E-state index contributed by atoms with van der Waals surface area (Å²) in [6.07, 6.45) is 3.38. The second-order valence-electron chi connectivity index (χ2n) is 7.67. The molecule has 0 unspecified atom stereocenters. The number of rotatable bonds is 6. The smallest absolute Gasteiger partial charge is 0.277 e. The van der Waals surface area contributed by atoms with Gasteiger partial charge in [-0.15, -0.1) is 0 Å². The molecule has 1 saturated heterocycles. The summed E-state index contributed by atoms with van der Waals surface area (Å²) in [7, 11) is -3.84. The number of amides is 1. The fourth-order valence-electron chi connectivity index (χ4n) is 3.92. The highest BCUT2D eigenvalue weighted by atomic mass is 32.2. The van der Waals surface area contributed by atoms with Crippen molar-refractivity contribution in [2.75, 3.05) is 18.4 Å². The predicted molar refractivity (Wildman–Crippen MR) is 117 cm³/mol. The Morgan fingerprint density at radius 1 is 1.03 bits per heavy atom. The number of carbonyl (C=O) groups excluding carboxylic acids is 1. The number of nitrogens with one attached hydrogen (secondary N) is 2. The fourth-order valence-corrected chi connectivity index (χ4v) is 5.39. The Morgan fingerprint density at radius 2 is 1.70 bits per heavy atom. The van der Waals surface area contributed by atoms with E-state index >= 15 is 0 Å². The first kappa shape index (κ1) is 22.8. The van der Waals surface area contributed by atoms with Crippen LogP contribution < -0.4 is 10.8 Å². The summed E-state index contributed by atoms with van der Waals surface area (Å²) in [6, 6.07) is 14.5. The molecule has 0 bridgehead atoms. The minimum Gasteiger partial charge on any atom is -0.345 e. The zero-order valence-electron chi connectivity index (χ0n) is 17.5. The van der Waals surface area contributed by atoms with Gasteiger partial charge in [-0.2, -0.15) is 4.31 Å². The van der Waals surface area contributed by atoms with Crippen molar-refractivity contribution >= 4 is 21.9 Å². The second-order valence-corrected chi connectivity index (χ2v) is 9.61. The number of aromatic nitrogens is 2. The summed E-state index contributed by atoms with van der Waals surface area (Å²) in [4.78, 5) is 19.8. The molecule has 1 fully saturated rings. The highest BCUT2D eigenvalue weighted by molar-refractivity contribution is 7.89. The topological polar surface area (TPSA) is 125 Å². The van der Waals surface area contributed by atoms with E-state index in [1.807, 2.05) is 30.3 Å². The van der Waals surface area contributed by atoms with Crippen LogP contribution in [0.2, 0.25) is 0 Å². The van der Waals surface area contributed by atoms with Crippen LogP contribution in [0.3, 0.4) is 0 Å². The summed E-state index contributed by atoms with van der Waals surface area (Å²) in [5.74, 6) is -1.08. The molecule has 1 amide bonds. The Bertz CT molecular complexity index is 1230. The largest absolute Gasteiger partial charge is 0.345 e. The molecule has 0 saturated carbocycles. The number of hydrogen-bond donors (Lipinski definition) is 3. The van der Waals surface area contributed by atoms with Gasteiger partial charge in [-0.3, -0.25) is 10.0 Å². The van der Waals surface area contributed by atoms with E-state index in [1.54, 1.807) is 0 Å². The van der Waals surface area contributed by atoms with Gasteiger partial charge in [0.2, 0.25) is 16.0 Å². The molecule has 0 spiro atoms. The van der Waals surface area contributed by atoms with Crippen molar-refractivity contribution in [2.24, 2.45) is 0 Å². The average Bonchev–Trinajstić information content (AvgIpc) is 2.85. The molecule has 9 nitrogen and oxygen atoms in total. The van der Waals surface area contributed by atoms with Crippen LogP contribution in [0.25, 0.3) is 0 Å². The lowest BCUT2D eigenvalue weighted by molar-refractivity contribution is 0.0705. The lowest BCUT2D eigenvalue weighted by Gasteiger charge is -2.42. The Hall–Kier alpha value is -3.41. The standard InChI is InChI=1S/C22H22FN5O4S/c23-18-7-4-8-19(13-18)33(31,32)28-11-9-22(10-12-28,17-5-2-1-3-6-17)26-21-24-14-16(15-25-21)20(29)27-30/h1-8,13-15,30H,9-12H2,(H,27,29)(H,24,25,26). The van der Waals surface area contributed by atoms with E-state index < -0.39 is 27.3 Å². The van der Waals surface area contributed by atoms with Gasteiger partial charge < -0.3 is 5.32 Å². The van der Waals surface area contributed by atoms with Crippen molar-refractivity contribution in [3.8, 4) is 0 Å². The maximum atomic E-state index is 13.6. The van der Waals surface area contributed by atoms with E-state index in [-0.39, 0.29) is 29.5 Å². The molecule has 0 aliphatic carbocycles. The maximum Gasteiger partial charge on any atom is 0.277 e. The Kier molecular flexibility index (Phi) is 6.36. The summed E-state index contributed by atoms with van der Waals surface area (Å²) in [5.41, 5.74) is 1.90. The van der Waals surface area contributed by atoms with Gasteiger partial charge in [-0.1, -0.05) is 36.4 Å². The van der Waals surface area contributed by atoms with Gasteiger partial charge in [0.1, 0.15) is 5.82 Å². The number of halogens is 1. The summed E-state index contributed by atoms with van der Waals surface area (Å²) >= 11 is 0. The number of benzene rings is 2. The monoisotopic (exact) mass is 471 g/mol. The third-order valence-electron chi connectivity index (χ3n) is 5.70. The molecular weight excluding hydrogens is 449 g/mol. The van der Waals surface area contributed by atoms with Crippen LogP contribution in [-0.4, -0.2) is 46.9 Å². The Labute approximate surface area is 190 Å². The summed E-state index contributed by atoms with van der Waals surface area (Å²) in [5, 5.41) is 12.1. The predicted octanol–water partition coefficient (Wildman–Crippen LogP) is 2.53. The summed E-state index contributed by atoms with van der Waals surface area (Å²) < 4.78 is 41.0. The molecule has 2 aromatic carbocycles. The van der Waals surface area contributed by atoms with Gasteiger partial charge in [-0.25, -0.2) is 28.3 Å². The molecule has 11 heteroatoms. The van der Waals surface area contributed by atoms with Crippen molar-refractivity contribution < 1.29 is 22.8 Å². The van der Waals surface area contributed by atoms with Crippen LogP contribution in [0.15, 0.2) is 71.9 Å². The minimum absolute atomic E-state index is 0.0799. The molecule has 1 aliphatic heterocycles. The average molecular weight is 472 g/mol. The number of carbonyl (C=O) groups is 1. The lowest BCUT2D eigenvalue weighted by Crippen LogP contribution is -2.49. The van der Waals surface area contributed by atoms with Crippen LogP contribution in [0.4, 0.5) is 10.3 Å². The van der Waals surface area contributed by atoms with E-state index in [1.165, 1.54) is 40.4 Å². The first-order chi connectivity index (χ1) is 15.8. The Morgan fingerprint density at radius 3 is 2.30 bits per heavy atom. The van der Waals surface area contributed by atoms with Gasteiger partial charge in [-0.05, 0) is 36.6 Å². The first-order valence-electron chi connectivity index (χ1n) is 10.2. The quantitative estimate of drug-likeness (QED) is 0.373. The zero-order valence-corrected chi connectivity index (χ0v) is 18.3. The van der Waals surface area contributed by atoms with Gasteiger partial charge in [0, 0.05) is 25.5 Å². The number of hydroxylamine groups is 1. The molecule has 1 aliphatic rings. The molecule has 172 valence electrons. The van der Waals surface area contributed by atoms with Crippen LogP contribution in [0.5, 0.6) is 0 Å². The van der Waals surface area contributed by atoms with E-state index in [9.17, 15) is 17.6 Å². The number of piperidine rings is 1. The van der Waals surface area contributed by atoms with Crippen LogP contribution in [-0.2, 0) is 15.6 Å². The van der Waals surface area contributed by atoms with Crippen LogP contribution in [0.1, 0.15) is 28.8 Å². The number of hydrogen-bond acceptors (Lipinski definition) is 7. The molecule has 2 heterocycles. The van der Waals surface area contributed by atoms with Crippen molar-refractivity contribution in [1.29, 1.82) is 0 Å². The third-order valence-corrected chi connectivity index (χ3v) is 7.60. The SMILES string of the molecule is O=C(NO)c1cnc(NC2(c3ccccc3)CCN(S(=O)(=O)c3cccc(F)c3)CC2)nc1. The fraction of sp³-hybridized carbons (Fsp3) is 0.227. The molecule has 4 rings (SSSR count). The highest BCUT2D eigenvalue weighted by Gasteiger charge is 2.40. The van der Waals surface area contributed by atoms with Gasteiger partial charge in [0.25, 0.3) is 5.91 Å². The van der Waals surface area contributed by atoms with E-state index in [4.69, 9.17) is 5.21 Å². The van der Waals surface area contributed by atoms with Crippen molar-refractivity contribution in [3.05, 3.63) is 83.9 Å². The third kappa shape index (κ3) is 4.70. The second kappa shape index (κ2) is 9.22. The van der Waals surface area contributed by atoms with Crippen molar-refractivity contribution in [2.45, 2.75) is 23.3 Å². The van der Waals surface area contributed by atoms with E-state index in [2.05, 4.69) is 15.3 Å². The van der Waals surface area contributed by atoms with Crippen molar-refractivity contribution in [1.82, 2.24) is 19.8 Å². The maximum absolute atomic E-state index is 13.6. The van der Waals surface area contributed by atoms with Gasteiger partial charge >= 0.3 is 0 Å². The number of anilines is 1. The van der Waals surface area contributed by atoms with Crippen molar-refractivity contribution in [3.63, 3.8) is 0 Å². The van der Waals surface area contributed by atoms with Crippen LogP contribution >= 0.6 is 0 Å². The molecular formula is C22H22FN5O4S. The molecule has 1 aromatic heterocycles. The van der Waals surface area contributed by atoms with E-state index in [0.29, 0.717) is 12.8 Å². The molecule has 0 radical (unpaired) electrons. The minimum atomic E-state index is -3.84. The normalized spacial score (nSPS) is 16.2. The number of sulfonamides is 1. The first-order valence-corrected chi connectivity index (χ1v) is 11.6.